The predicted molar refractivity (Wildman–Crippen MR) is 82.2 cm³/mol. The van der Waals surface area contributed by atoms with Gasteiger partial charge in [0.15, 0.2) is 0 Å². The van der Waals surface area contributed by atoms with Gasteiger partial charge < -0.3 is 10.6 Å². The van der Waals surface area contributed by atoms with Crippen LogP contribution in [0.1, 0.15) is 31.0 Å². The van der Waals surface area contributed by atoms with Crippen molar-refractivity contribution >= 4 is 5.82 Å². The van der Waals surface area contributed by atoms with Crippen molar-refractivity contribution in [3.63, 3.8) is 0 Å². The molecule has 2 aromatic rings. The fourth-order valence-electron chi connectivity index (χ4n) is 2.80. The molecule has 0 spiro atoms. The highest BCUT2D eigenvalue weighted by Gasteiger charge is 2.32. The predicted octanol–water partition coefficient (Wildman–Crippen LogP) is 2.63. The van der Waals surface area contributed by atoms with Crippen LogP contribution < -0.4 is 10.6 Å². The van der Waals surface area contributed by atoms with E-state index in [4.69, 9.17) is 10.8 Å². The van der Waals surface area contributed by atoms with Crippen LogP contribution in [0.25, 0.3) is 5.69 Å². The molecule has 1 saturated carbocycles. The Kier molecular flexibility index (Phi) is 3.49. The SMILES string of the molecule is CCN(c1c(CN)c(C)nn1-c1ccccc1)C1CC1. The van der Waals surface area contributed by atoms with E-state index in [0.717, 1.165) is 17.9 Å². The summed E-state index contributed by atoms with van der Waals surface area (Å²) in [6, 6.07) is 11.0. The Balaban J connectivity index is 2.14. The summed E-state index contributed by atoms with van der Waals surface area (Å²) in [4.78, 5) is 2.45. The van der Waals surface area contributed by atoms with Gasteiger partial charge in [0.25, 0.3) is 0 Å². The minimum atomic E-state index is 0.539. The molecule has 1 heterocycles. The van der Waals surface area contributed by atoms with Crippen LogP contribution in [0.2, 0.25) is 0 Å². The fraction of sp³-hybridized carbons (Fsp3) is 0.438. The lowest BCUT2D eigenvalue weighted by molar-refractivity contribution is 0.754. The zero-order valence-electron chi connectivity index (χ0n) is 12.2. The first kappa shape index (κ1) is 13.2. The highest BCUT2D eigenvalue weighted by molar-refractivity contribution is 5.56. The standard InChI is InChI=1S/C16H22N4/c1-3-19(13-9-10-13)16-15(11-17)12(2)18-20(16)14-7-5-4-6-8-14/h4-8,13H,3,9-11,17H2,1-2H3. The smallest absolute Gasteiger partial charge is 0.137 e. The number of hydrogen-bond acceptors (Lipinski definition) is 3. The highest BCUT2D eigenvalue weighted by Crippen LogP contribution is 2.35. The first-order chi connectivity index (χ1) is 9.76. The van der Waals surface area contributed by atoms with Gasteiger partial charge >= 0.3 is 0 Å². The van der Waals surface area contributed by atoms with Crippen LogP contribution in [0.5, 0.6) is 0 Å². The summed E-state index contributed by atoms with van der Waals surface area (Å²) < 4.78 is 2.05. The molecule has 106 valence electrons. The maximum atomic E-state index is 5.98. The van der Waals surface area contributed by atoms with Crippen molar-refractivity contribution < 1.29 is 0 Å². The number of nitrogens with two attached hydrogens (primary N) is 1. The largest absolute Gasteiger partial charge is 0.354 e. The van der Waals surface area contributed by atoms with Crippen LogP contribution in [0, 0.1) is 6.92 Å². The summed E-state index contributed by atoms with van der Waals surface area (Å²) in [5.41, 5.74) is 9.28. The normalized spacial score (nSPS) is 14.6. The Bertz CT molecular complexity index is 584. The minimum absolute atomic E-state index is 0.539. The molecule has 20 heavy (non-hydrogen) atoms. The van der Waals surface area contributed by atoms with Crippen LogP contribution >= 0.6 is 0 Å². The van der Waals surface area contributed by atoms with Gasteiger partial charge in [-0.3, -0.25) is 0 Å². The lowest BCUT2D eigenvalue weighted by Crippen LogP contribution is -2.28. The molecule has 3 rings (SSSR count). The number of aromatic nitrogens is 2. The number of para-hydroxylation sites is 1. The number of benzene rings is 1. The first-order valence-electron chi connectivity index (χ1n) is 7.36. The van der Waals surface area contributed by atoms with Crippen molar-refractivity contribution in [2.75, 3.05) is 11.4 Å². The van der Waals surface area contributed by atoms with Gasteiger partial charge in [0.1, 0.15) is 5.82 Å². The van der Waals surface area contributed by atoms with Gasteiger partial charge in [0.05, 0.1) is 11.4 Å². The average Bonchev–Trinajstić information content (AvgIpc) is 3.25. The fourth-order valence-corrected chi connectivity index (χ4v) is 2.80. The van der Waals surface area contributed by atoms with E-state index < -0.39 is 0 Å². The van der Waals surface area contributed by atoms with Gasteiger partial charge in [0, 0.05) is 24.7 Å². The van der Waals surface area contributed by atoms with Crippen molar-refractivity contribution in [1.29, 1.82) is 0 Å². The van der Waals surface area contributed by atoms with Crippen molar-refractivity contribution in [1.82, 2.24) is 9.78 Å². The topological polar surface area (TPSA) is 47.1 Å². The summed E-state index contributed by atoms with van der Waals surface area (Å²) in [5.74, 6) is 1.18. The lowest BCUT2D eigenvalue weighted by atomic mass is 10.2. The van der Waals surface area contributed by atoms with E-state index in [0.29, 0.717) is 12.6 Å². The number of anilines is 1. The third kappa shape index (κ3) is 2.20. The van der Waals surface area contributed by atoms with Gasteiger partial charge in [-0.25, -0.2) is 4.68 Å². The Hall–Kier alpha value is -1.81. The van der Waals surface area contributed by atoms with Crippen LogP contribution in [0.4, 0.5) is 5.82 Å². The minimum Gasteiger partial charge on any atom is -0.354 e. The van der Waals surface area contributed by atoms with E-state index in [-0.39, 0.29) is 0 Å². The summed E-state index contributed by atoms with van der Waals surface area (Å²) in [7, 11) is 0. The maximum Gasteiger partial charge on any atom is 0.137 e. The molecule has 0 aliphatic heterocycles. The van der Waals surface area contributed by atoms with Crippen molar-refractivity contribution in [2.24, 2.45) is 5.73 Å². The molecule has 2 N–H and O–H groups in total. The number of nitrogens with zero attached hydrogens (tertiary/aromatic N) is 3. The molecule has 0 unspecified atom stereocenters. The quantitative estimate of drug-likeness (QED) is 0.908. The van der Waals surface area contributed by atoms with Gasteiger partial charge in [0.2, 0.25) is 0 Å². The zero-order valence-corrected chi connectivity index (χ0v) is 12.2. The van der Waals surface area contributed by atoms with Crippen LogP contribution in [0.15, 0.2) is 30.3 Å². The third-order valence-electron chi connectivity index (χ3n) is 3.96. The van der Waals surface area contributed by atoms with Crippen LogP contribution in [-0.2, 0) is 6.54 Å². The molecule has 4 nitrogen and oxygen atoms in total. The van der Waals surface area contributed by atoms with Gasteiger partial charge in [-0.05, 0) is 38.8 Å². The van der Waals surface area contributed by atoms with E-state index in [1.807, 2.05) is 25.1 Å². The Morgan fingerprint density at radius 1 is 1.30 bits per heavy atom. The van der Waals surface area contributed by atoms with Crippen molar-refractivity contribution in [3.8, 4) is 5.69 Å². The Labute approximate surface area is 120 Å². The second-order valence-electron chi connectivity index (χ2n) is 5.36. The van der Waals surface area contributed by atoms with E-state index in [1.165, 1.54) is 24.2 Å². The maximum absolute atomic E-state index is 5.98. The third-order valence-corrected chi connectivity index (χ3v) is 3.96. The highest BCUT2D eigenvalue weighted by atomic mass is 15.4. The van der Waals surface area contributed by atoms with Gasteiger partial charge in [-0.1, -0.05) is 18.2 Å². The molecule has 4 heteroatoms. The molecule has 1 aromatic heterocycles. The lowest BCUT2D eigenvalue weighted by Gasteiger charge is -2.25. The van der Waals surface area contributed by atoms with Crippen molar-refractivity contribution in [2.45, 2.75) is 39.3 Å². The molecule has 1 aromatic carbocycles. The van der Waals surface area contributed by atoms with Crippen LogP contribution in [-0.4, -0.2) is 22.4 Å². The summed E-state index contributed by atoms with van der Waals surface area (Å²) in [5, 5.41) is 4.73. The number of rotatable bonds is 5. The van der Waals surface area contributed by atoms with Gasteiger partial charge in [-0.15, -0.1) is 0 Å². The number of aryl methyl sites for hydroxylation is 1. The molecule has 0 saturated heterocycles. The molecule has 1 fully saturated rings. The molecule has 0 bridgehead atoms. The van der Waals surface area contributed by atoms with E-state index in [9.17, 15) is 0 Å². The molecule has 0 atom stereocenters. The Morgan fingerprint density at radius 2 is 2.00 bits per heavy atom. The average molecular weight is 270 g/mol. The molecule has 1 aliphatic rings. The van der Waals surface area contributed by atoms with E-state index in [2.05, 4.69) is 28.6 Å². The molecule has 1 aliphatic carbocycles. The Morgan fingerprint density at radius 3 is 2.55 bits per heavy atom. The van der Waals surface area contributed by atoms with Crippen LogP contribution in [0.3, 0.4) is 0 Å². The number of hydrogen-bond donors (Lipinski definition) is 1. The summed E-state index contributed by atoms with van der Waals surface area (Å²) in [6.07, 6.45) is 2.55. The second-order valence-corrected chi connectivity index (χ2v) is 5.36. The van der Waals surface area contributed by atoms with Gasteiger partial charge in [-0.2, -0.15) is 5.10 Å². The summed E-state index contributed by atoms with van der Waals surface area (Å²) in [6.45, 7) is 5.79. The van der Waals surface area contributed by atoms with E-state index in [1.54, 1.807) is 0 Å². The monoisotopic (exact) mass is 270 g/mol. The molecule has 0 radical (unpaired) electrons. The second kappa shape index (κ2) is 5.29. The molecular weight excluding hydrogens is 248 g/mol. The first-order valence-corrected chi connectivity index (χ1v) is 7.36. The van der Waals surface area contributed by atoms with Crippen molar-refractivity contribution in [3.05, 3.63) is 41.6 Å². The van der Waals surface area contributed by atoms with E-state index >= 15 is 0 Å². The molecule has 0 amide bonds. The zero-order chi connectivity index (χ0) is 14.1. The summed E-state index contributed by atoms with van der Waals surface area (Å²) >= 11 is 0. The molecular formula is C16H22N4.